The molecule has 1 rings (SSSR count). The van der Waals surface area contributed by atoms with Crippen molar-refractivity contribution < 1.29 is 9.84 Å². The van der Waals surface area contributed by atoms with Crippen LogP contribution in [-0.4, -0.2) is 12.2 Å². The lowest BCUT2D eigenvalue weighted by atomic mass is 9.82. The quantitative estimate of drug-likeness (QED) is 0.863. The van der Waals surface area contributed by atoms with Gasteiger partial charge in [-0.2, -0.15) is 0 Å². The van der Waals surface area contributed by atoms with Crippen molar-refractivity contribution in [2.75, 3.05) is 7.11 Å². The van der Waals surface area contributed by atoms with E-state index in [-0.39, 0.29) is 5.41 Å². The Morgan fingerprint density at radius 1 is 1.12 bits per heavy atom. The zero-order valence-corrected chi connectivity index (χ0v) is 11.6. The van der Waals surface area contributed by atoms with Gasteiger partial charge < -0.3 is 9.84 Å². The Balaban J connectivity index is 2.81. The van der Waals surface area contributed by atoms with E-state index in [0.29, 0.717) is 0 Å². The van der Waals surface area contributed by atoms with Crippen LogP contribution in [0.25, 0.3) is 0 Å². The first-order valence-corrected chi connectivity index (χ1v) is 6.11. The summed E-state index contributed by atoms with van der Waals surface area (Å²) < 4.78 is 5.18. The molecule has 1 aromatic rings. The molecule has 0 aliphatic carbocycles. The van der Waals surface area contributed by atoms with Crippen molar-refractivity contribution in [2.45, 2.75) is 46.1 Å². The fourth-order valence-electron chi connectivity index (χ4n) is 1.72. The minimum atomic E-state index is -0.790. The van der Waals surface area contributed by atoms with Crippen molar-refractivity contribution in [3.05, 3.63) is 29.8 Å². The molecular weight excluding hydrogens is 212 g/mol. The normalized spacial score (nSPS) is 15.4. The van der Waals surface area contributed by atoms with Crippen molar-refractivity contribution >= 4 is 0 Å². The second-order valence-corrected chi connectivity index (χ2v) is 6.07. The molecule has 17 heavy (non-hydrogen) atoms. The maximum atomic E-state index is 10.5. The van der Waals surface area contributed by atoms with Crippen LogP contribution in [0.15, 0.2) is 24.3 Å². The molecule has 2 heteroatoms. The van der Waals surface area contributed by atoms with Gasteiger partial charge in [0, 0.05) is 0 Å². The van der Waals surface area contributed by atoms with Gasteiger partial charge >= 0.3 is 0 Å². The molecule has 1 unspecified atom stereocenters. The Kier molecular flexibility index (Phi) is 4.21. The molecular formula is C15H24O2. The van der Waals surface area contributed by atoms with Crippen molar-refractivity contribution in [1.82, 2.24) is 0 Å². The Labute approximate surface area is 105 Å². The van der Waals surface area contributed by atoms with Crippen molar-refractivity contribution in [3.8, 4) is 5.75 Å². The highest BCUT2D eigenvalue weighted by Gasteiger charge is 2.25. The number of aliphatic hydroxyl groups is 1. The van der Waals surface area contributed by atoms with Crippen molar-refractivity contribution in [2.24, 2.45) is 5.41 Å². The van der Waals surface area contributed by atoms with E-state index < -0.39 is 5.60 Å². The molecule has 0 aliphatic heterocycles. The monoisotopic (exact) mass is 236 g/mol. The van der Waals surface area contributed by atoms with E-state index in [1.807, 2.05) is 31.2 Å². The van der Waals surface area contributed by atoms with Gasteiger partial charge in [0.25, 0.3) is 0 Å². The summed E-state index contributed by atoms with van der Waals surface area (Å²) in [6.07, 6.45) is 1.74. The molecule has 1 aromatic carbocycles. The Morgan fingerprint density at radius 3 is 2.29 bits per heavy atom. The number of ether oxygens (including phenoxy) is 1. The third-order valence-corrected chi connectivity index (χ3v) is 3.05. The maximum absolute atomic E-state index is 10.5. The summed E-state index contributed by atoms with van der Waals surface area (Å²) in [7, 11) is 1.64. The first-order chi connectivity index (χ1) is 7.74. The van der Waals surface area contributed by atoms with Crippen molar-refractivity contribution in [1.29, 1.82) is 0 Å². The predicted octanol–water partition coefficient (Wildman–Crippen LogP) is 3.73. The van der Waals surface area contributed by atoms with Gasteiger partial charge in [0.05, 0.1) is 12.7 Å². The topological polar surface area (TPSA) is 29.5 Å². The van der Waals surface area contributed by atoms with E-state index >= 15 is 0 Å². The van der Waals surface area contributed by atoms with E-state index in [9.17, 15) is 5.11 Å². The molecule has 0 aromatic heterocycles. The summed E-state index contributed by atoms with van der Waals surface area (Å²) in [6, 6.07) is 7.66. The smallest absolute Gasteiger partial charge is 0.119 e. The van der Waals surface area contributed by atoms with Crippen LogP contribution in [-0.2, 0) is 5.60 Å². The molecule has 2 nitrogen and oxygen atoms in total. The van der Waals surface area contributed by atoms with Crippen LogP contribution >= 0.6 is 0 Å². The molecule has 0 heterocycles. The highest BCUT2D eigenvalue weighted by atomic mass is 16.5. The van der Waals surface area contributed by atoms with Crippen LogP contribution in [0.3, 0.4) is 0 Å². The summed E-state index contributed by atoms with van der Waals surface area (Å²) in [6.45, 7) is 8.44. The number of rotatable bonds is 4. The van der Waals surface area contributed by atoms with Gasteiger partial charge in [0.1, 0.15) is 5.75 Å². The molecule has 96 valence electrons. The maximum Gasteiger partial charge on any atom is 0.119 e. The zero-order chi connectivity index (χ0) is 13.1. The molecule has 0 aliphatic rings. The van der Waals surface area contributed by atoms with Crippen LogP contribution in [0, 0.1) is 5.41 Å². The minimum absolute atomic E-state index is 0.239. The third kappa shape index (κ3) is 4.39. The van der Waals surface area contributed by atoms with Crippen LogP contribution in [0.1, 0.15) is 46.1 Å². The van der Waals surface area contributed by atoms with Gasteiger partial charge in [0.15, 0.2) is 0 Å². The standard InChI is InChI=1S/C15H24O2/c1-14(2,3)9-10-15(4,16)12-7-6-8-13(11-12)17-5/h6-8,11,16H,9-10H2,1-5H3. The fourth-order valence-corrected chi connectivity index (χ4v) is 1.72. The average Bonchev–Trinajstić information content (AvgIpc) is 2.26. The summed E-state index contributed by atoms with van der Waals surface area (Å²) in [5.74, 6) is 0.790. The van der Waals surface area contributed by atoms with Gasteiger partial charge in [-0.15, -0.1) is 0 Å². The second-order valence-electron chi connectivity index (χ2n) is 6.07. The molecule has 1 N–H and O–H groups in total. The molecule has 0 spiro atoms. The van der Waals surface area contributed by atoms with Crippen LogP contribution in [0.5, 0.6) is 5.75 Å². The van der Waals surface area contributed by atoms with Gasteiger partial charge in [-0.3, -0.25) is 0 Å². The fraction of sp³-hybridized carbons (Fsp3) is 0.600. The summed E-state index contributed by atoms with van der Waals surface area (Å²) in [5.41, 5.74) is 0.367. The number of benzene rings is 1. The van der Waals surface area contributed by atoms with E-state index in [2.05, 4.69) is 20.8 Å². The van der Waals surface area contributed by atoms with Gasteiger partial charge in [-0.25, -0.2) is 0 Å². The molecule has 0 fully saturated rings. The molecule has 0 bridgehead atoms. The largest absolute Gasteiger partial charge is 0.497 e. The average molecular weight is 236 g/mol. The van der Waals surface area contributed by atoms with Gasteiger partial charge in [-0.1, -0.05) is 32.9 Å². The molecule has 0 saturated carbocycles. The van der Waals surface area contributed by atoms with Crippen molar-refractivity contribution in [3.63, 3.8) is 0 Å². The summed E-state index contributed by atoms with van der Waals surface area (Å²) in [5, 5.41) is 10.5. The number of hydrogen-bond acceptors (Lipinski definition) is 2. The highest BCUT2D eigenvalue weighted by molar-refractivity contribution is 5.31. The summed E-state index contributed by atoms with van der Waals surface area (Å²) >= 11 is 0. The molecule has 0 radical (unpaired) electrons. The van der Waals surface area contributed by atoms with Gasteiger partial charge in [0.2, 0.25) is 0 Å². The third-order valence-electron chi connectivity index (χ3n) is 3.05. The first-order valence-electron chi connectivity index (χ1n) is 6.11. The molecule has 0 saturated heterocycles. The lowest BCUT2D eigenvalue weighted by molar-refractivity contribution is 0.0356. The van der Waals surface area contributed by atoms with Crippen LogP contribution < -0.4 is 4.74 Å². The predicted molar refractivity (Wildman–Crippen MR) is 71.3 cm³/mol. The van der Waals surface area contributed by atoms with E-state index in [0.717, 1.165) is 24.2 Å². The zero-order valence-electron chi connectivity index (χ0n) is 11.6. The van der Waals surface area contributed by atoms with E-state index in [1.54, 1.807) is 7.11 Å². The minimum Gasteiger partial charge on any atom is -0.497 e. The van der Waals surface area contributed by atoms with Crippen LogP contribution in [0.4, 0.5) is 0 Å². The van der Waals surface area contributed by atoms with Crippen LogP contribution in [0.2, 0.25) is 0 Å². The van der Waals surface area contributed by atoms with E-state index in [1.165, 1.54) is 0 Å². The second kappa shape index (κ2) is 5.09. The number of methoxy groups -OCH3 is 1. The number of hydrogen-bond donors (Lipinski definition) is 1. The van der Waals surface area contributed by atoms with E-state index in [4.69, 9.17) is 4.74 Å². The Bertz CT molecular complexity index is 361. The Hall–Kier alpha value is -1.02. The lowest BCUT2D eigenvalue weighted by Crippen LogP contribution is -2.23. The molecule has 1 atom stereocenters. The van der Waals surface area contributed by atoms with Gasteiger partial charge in [-0.05, 0) is 42.9 Å². The lowest BCUT2D eigenvalue weighted by Gasteiger charge is -2.28. The SMILES string of the molecule is COc1cccc(C(C)(O)CCC(C)(C)C)c1. The molecule has 0 amide bonds. The Morgan fingerprint density at radius 2 is 1.76 bits per heavy atom. The highest BCUT2D eigenvalue weighted by Crippen LogP contribution is 2.33. The summed E-state index contributed by atoms with van der Waals surface area (Å²) in [4.78, 5) is 0. The first kappa shape index (κ1) is 14.0.